The van der Waals surface area contributed by atoms with Crippen molar-refractivity contribution in [2.45, 2.75) is 25.7 Å². The van der Waals surface area contributed by atoms with Gasteiger partial charge in [-0.1, -0.05) is 0 Å². The molecular weight excluding hydrogens is 296 g/mol. The summed E-state index contributed by atoms with van der Waals surface area (Å²) in [6.07, 6.45) is 5.29. The van der Waals surface area contributed by atoms with Crippen LogP contribution in [0.4, 0.5) is 10.5 Å². The summed E-state index contributed by atoms with van der Waals surface area (Å²) in [5.41, 5.74) is -0.104. The smallest absolute Gasteiger partial charge is 0.322 e. The lowest BCUT2D eigenvalue weighted by Crippen LogP contribution is -2.47. The summed E-state index contributed by atoms with van der Waals surface area (Å²) in [5.74, 6) is 0.0409. The topological polar surface area (TPSA) is 85.5 Å². The van der Waals surface area contributed by atoms with Gasteiger partial charge in [-0.2, -0.15) is 0 Å². The molecule has 0 radical (unpaired) electrons. The van der Waals surface area contributed by atoms with Gasteiger partial charge in [0.05, 0.1) is 5.92 Å². The van der Waals surface area contributed by atoms with Gasteiger partial charge in [-0.3, -0.25) is 9.59 Å². The molecule has 0 aliphatic carbocycles. The molecule has 2 fully saturated rings. The van der Waals surface area contributed by atoms with E-state index in [1.54, 1.807) is 17.0 Å². The van der Waals surface area contributed by atoms with Crippen molar-refractivity contribution in [2.24, 2.45) is 5.92 Å². The molecule has 7 heteroatoms. The molecule has 3 amide bonds. The molecule has 3 rings (SSSR count). The molecule has 0 bridgehead atoms. The van der Waals surface area contributed by atoms with Gasteiger partial charge in [0.2, 0.25) is 5.91 Å². The first kappa shape index (κ1) is 15.6. The van der Waals surface area contributed by atoms with Crippen LogP contribution in [0.5, 0.6) is 0 Å². The van der Waals surface area contributed by atoms with Crippen molar-refractivity contribution in [3.05, 3.63) is 28.7 Å². The van der Waals surface area contributed by atoms with Crippen molar-refractivity contribution < 1.29 is 9.59 Å². The van der Waals surface area contributed by atoms with Gasteiger partial charge in [-0.15, -0.1) is 0 Å². The summed E-state index contributed by atoms with van der Waals surface area (Å²) in [6, 6.07) is 2.90. The Morgan fingerprint density at radius 1 is 1.13 bits per heavy atom. The van der Waals surface area contributed by atoms with E-state index in [0.29, 0.717) is 13.1 Å². The second-order valence-corrected chi connectivity index (χ2v) is 6.16. The molecule has 2 saturated heterocycles. The van der Waals surface area contributed by atoms with Crippen LogP contribution in [0.25, 0.3) is 0 Å². The van der Waals surface area contributed by atoms with E-state index in [4.69, 9.17) is 0 Å². The predicted molar refractivity (Wildman–Crippen MR) is 86.2 cm³/mol. The SMILES string of the molecule is O=C(Nc1ccc[nH]c1=O)N1CCC[C@@H](C(=O)N2CCCC2)C1. The van der Waals surface area contributed by atoms with E-state index in [-0.39, 0.29) is 29.1 Å². The van der Waals surface area contributed by atoms with Crippen molar-refractivity contribution in [2.75, 3.05) is 31.5 Å². The monoisotopic (exact) mass is 318 g/mol. The van der Waals surface area contributed by atoms with Crippen LogP contribution in [-0.2, 0) is 4.79 Å². The maximum atomic E-state index is 12.5. The van der Waals surface area contributed by atoms with E-state index in [9.17, 15) is 14.4 Å². The highest BCUT2D eigenvalue weighted by atomic mass is 16.2. The highest BCUT2D eigenvalue weighted by Gasteiger charge is 2.32. The van der Waals surface area contributed by atoms with Crippen LogP contribution >= 0.6 is 0 Å². The Balaban J connectivity index is 1.61. The van der Waals surface area contributed by atoms with Crippen LogP contribution in [-0.4, -0.2) is 52.9 Å². The van der Waals surface area contributed by atoms with E-state index in [1.165, 1.54) is 6.20 Å². The number of H-pyrrole nitrogens is 1. The molecule has 124 valence electrons. The lowest BCUT2D eigenvalue weighted by molar-refractivity contribution is -0.135. The zero-order valence-corrected chi connectivity index (χ0v) is 13.1. The van der Waals surface area contributed by atoms with Gasteiger partial charge in [0, 0.05) is 32.4 Å². The molecule has 0 saturated carbocycles. The maximum absolute atomic E-state index is 12.5. The van der Waals surface area contributed by atoms with Crippen molar-refractivity contribution >= 4 is 17.6 Å². The van der Waals surface area contributed by atoms with E-state index < -0.39 is 0 Å². The Morgan fingerprint density at radius 2 is 1.87 bits per heavy atom. The Bertz CT molecular complexity index is 636. The summed E-state index contributed by atoms with van der Waals surface area (Å²) in [6.45, 7) is 2.70. The van der Waals surface area contributed by atoms with E-state index in [1.807, 2.05) is 4.90 Å². The number of anilines is 1. The number of aromatic nitrogens is 1. The minimum Gasteiger partial charge on any atom is -0.342 e. The fraction of sp³-hybridized carbons (Fsp3) is 0.562. The zero-order chi connectivity index (χ0) is 16.2. The van der Waals surface area contributed by atoms with Crippen LogP contribution < -0.4 is 10.9 Å². The number of hydrogen-bond acceptors (Lipinski definition) is 3. The molecule has 2 aliphatic rings. The number of amides is 3. The molecule has 1 aromatic rings. The van der Waals surface area contributed by atoms with Crippen LogP contribution in [0.3, 0.4) is 0 Å². The highest BCUT2D eigenvalue weighted by molar-refractivity contribution is 5.89. The normalized spacial score (nSPS) is 21.3. The van der Waals surface area contributed by atoms with Gasteiger partial charge >= 0.3 is 6.03 Å². The Hall–Kier alpha value is -2.31. The lowest BCUT2D eigenvalue weighted by Gasteiger charge is -2.33. The Kier molecular flexibility index (Phi) is 4.64. The second kappa shape index (κ2) is 6.85. The number of likely N-dealkylation sites (tertiary alicyclic amines) is 2. The molecule has 0 spiro atoms. The first-order valence-electron chi connectivity index (χ1n) is 8.17. The number of aromatic amines is 1. The highest BCUT2D eigenvalue weighted by Crippen LogP contribution is 2.21. The van der Waals surface area contributed by atoms with Crippen molar-refractivity contribution in [1.29, 1.82) is 0 Å². The van der Waals surface area contributed by atoms with Crippen LogP contribution in [0.2, 0.25) is 0 Å². The average molecular weight is 318 g/mol. The minimum atomic E-state index is -0.331. The molecule has 1 aromatic heterocycles. The predicted octanol–water partition coefficient (Wildman–Crippen LogP) is 1.24. The van der Waals surface area contributed by atoms with Gasteiger partial charge in [-0.05, 0) is 37.8 Å². The average Bonchev–Trinajstić information content (AvgIpc) is 3.11. The fourth-order valence-electron chi connectivity index (χ4n) is 3.27. The summed E-state index contributed by atoms with van der Waals surface area (Å²) in [5, 5.41) is 2.63. The van der Waals surface area contributed by atoms with Gasteiger partial charge in [-0.25, -0.2) is 4.79 Å². The Labute approximate surface area is 134 Å². The fourth-order valence-corrected chi connectivity index (χ4v) is 3.27. The number of carbonyl (C=O) groups is 2. The van der Waals surface area contributed by atoms with E-state index in [0.717, 1.165) is 38.8 Å². The van der Waals surface area contributed by atoms with Crippen LogP contribution in [0.1, 0.15) is 25.7 Å². The zero-order valence-electron chi connectivity index (χ0n) is 13.1. The molecule has 0 aromatic carbocycles. The van der Waals surface area contributed by atoms with Crippen molar-refractivity contribution in [3.63, 3.8) is 0 Å². The number of carbonyl (C=O) groups excluding carboxylic acids is 2. The molecule has 2 N–H and O–H groups in total. The first-order valence-corrected chi connectivity index (χ1v) is 8.17. The third-order valence-electron chi connectivity index (χ3n) is 4.54. The quantitative estimate of drug-likeness (QED) is 0.860. The molecule has 1 atom stereocenters. The van der Waals surface area contributed by atoms with Crippen molar-refractivity contribution in [1.82, 2.24) is 14.8 Å². The summed E-state index contributed by atoms with van der Waals surface area (Å²) < 4.78 is 0. The molecular formula is C16H22N4O3. The maximum Gasteiger partial charge on any atom is 0.322 e. The third-order valence-corrected chi connectivity index (χ3v) is 4.54. The Morgan fingerprint density at radius 3 is 2.61 bits per heavy atom. The molecule has 23 heavy (non-hydrogen) atoms. The van der Waals surface area contributed by atoms with Gasteiger partial charge in [0.15, 0.2) is 0 Å². The molecule has 0 unspecified atom stereocenters. The number of nitrogens with zero attached hydrogens (tertiary/aromatic N) is 2. The minimum absolute atomic E-state index is 0.123. The van der Waals surface area contributed by atoms with Gasteiger partial charge in [0.1, 0.15) is 5.69 Å². The lowest BCUT2D eigenvalue weighted by atomic mass is 9.97. The van der Waals surface area contributed by atoms with Crippen molar-refractivity contribution in [3.8, 4) is 0 Å². The number of piperidine rings is 1. The molecule has 3 heterocycles. The second-order valence-electron chi connectivity index (χ2n) is 6.16. The largest absolute Gasteiger partial charge is 0.342 e. The number of rotatable bonds is 2. The summed E-state index contributed by atoms with van der Waals surface area (Å²) in [4.78, 5) is 42.5. The molecule has 2 aliphatic heterocycles. The standard InChI is InChI=1S/C16H22N4O3/c21-14-13(6-3-7-17-14)18-16(23)20-10-4-5-12(11-20)15(22)19-8-1-2-9-19/h3,6-7,12H,1-2,4-5,8-11H2,(H,17,21)(H,18,23)/t12-/m1/s1. The van der Waals surface area contributed by atoms with Gasteiger partial charge < -0.3 is 20.1 Å². The van der Waals surface area contributed by atoms with Crippen LogP contribution in [0.15, 0.2) is 23.1 Å². The first-order chi connectivity index (χ1) is 11.1. The number of pyridine rings is 1. The number of nitrogens with one attached hydrogen (secondary N) is 2. The number of hydrogen-bond donors (Lipinski definition) is 2. The van der Waals surface area contributed by atoms with Gasteiger partial charge in [0.25, 0.3) is 5.56 Å². The summed E-state index contributed by atoms with van der Waals surface area (Å²) >= 11 is 0. The van der Waals surface area contributed by atoms with Crippen LogP contribution in [0, 0.1) is 5.92 Å². The molecule has 7 nitrogen and oxygen atoms in total. The summed E-state index contributed by atoms with van der Waals surface area (Å²) in [7, 11) is 0. The van der Waals surface area contributed by atoms with E-state index >= 15 is 0 Å². The number of urea groups is 1. The van der Waals surface area contributed by atoms with E-state index in [2.05, 4.69) is 10.3 Å². The third kappa shape index (κ3) is 3.55.